The summed E-state index contributed by atoms with van der Waals surface area (Å²) in [7, 11) is 0. The normalized spacial score (nSPS) is 26.6. The molecule has 0 unspecified atom stereocenters. The smallest absolute Gasteiger partial charge is 0.267 e. The number of hydrogen-bond donors (Lipinski definition) is 0. The molecule has 3 heteroatoms. The van der Waals surface area contributed by atoms with E-state index in [1.165, 1.54) is 6.42 Å². The van der Waals surface area contributed by atoms with Gasteiger partial charge in [0.1, 0.15) is 0 Å². The maximum absolute atomic E-state index is 12.6. The Labute approximate surface area is 121 Å². The molecular weight excluding hydrogens is 250 g/mol. The third-order valence-electron chi connectivity index (χ3n) is 4.63. The summed E-state index contributed by atoms with van der Waals surface area (Å²) in [5, 5.41) is 13.3. The molecule has 0 saturated heterocycles. The van der Waals surface area contributed by atoms with E-state index < -0.39 is 11.4 Å². The number of amides is 1. The molecule has 2 rings (SSSR count). The second-order valence-electron chi connectivity index (χ2n) is 6.56. The van der Waals surface area contributed by atoms with Crippen molar-refractivity contribution in [2.24, 2.45) is 11.8 Å². The molecule has 1 aromatic carbocycles. The van der Waals surface area contributed by atoms with Crippen LogP contribution in [0.2, 0.25) is 0 Å². The zero-order valence-corrected chi connectivity index (χ0v) is 12.6. The van der Waals surface area contributed by atoms with Gasteiger partial charge < -0.3 is 0 Å². The highest BCUT2D eigenvalue weighted by Gasteiger charge is 2.41. The lowest BCUT2D eigenvalue weighted by atomic mass is 9.72. The van der Waals surface area contributed by atoms with Gasteiger partial charge in [-0.3, -0.25) is 4.79 Å². The van der Waals surface area contributed by atoms with Crippen LogP contribution < -0.4 is 0 Å². The van der Waals surface area contributed by atoms with Crippen LogP contribution in [0.25, 0.3) is 0 Å². The zero-order chi connectivity index (χ0) is 14.8. The number of hydroxylamine groups is 2. The van der Waals surface area contributed by atoms with E-state index in [-0.39, 0.29) is 0 Å². The summed E-state index contributed by atoms with van der Waals surface area (Å²) in [5.74, 6) is 0.695. The van der Waals surface area contributed by atoms with Crippen LogP contribution in [-0.2, 0) is 5.21 Å². The molecule has 0 aliphatic heterocycles. The van der Waals surface area contributed by atoms with E-state index in [9.17, 15) is 10.0 Å². The van der Waals surface area contributed by atoms with Crippen molar-refractivity contribution in [2.75, 3.05) is 0 Å². The van der Waals surface area contributed by atoms with Crippen LogP contribution in [-0.4, -0.2) is 16.5 Å². The van der Waals surface area contributed by atoms with Gasteiger partial charge in [-0.15, -0.1) is 0 Å². The van der Waals surface area contributed by atoms with Gasteiger partial charge in [0, 0.05) is 5.56 Å². The standard InChI is InChI=1S/C17H24NO2/c1-13(2)15-10-7-11-17(3,12-15)18(20)16(19)14-8-5-4-6-9-14/h4-6,8-9,13,15H,7,10-12H2,1-3H3/t15-,17+/m0/s1. The molecule has 0 N–H and O–H groups in total. The van der Waals surface area contributed by atoms with Crippen LogP contribution in [0.4, 0.5) is 0 Å². The van der Waals surface area contributed by atoms with Gasteiger partial charge in [0.25, 0.3) is 5.91 Å². The van der Waals surface area contributed by atoms with Crippen LogP contribution in [0.1, 0.15) is 56.8 Å². The second kappa shape index (κ2) is 5.96. The van der Waals surface area contributed by atoms with E-state index in [0.29, 0.717) is 17.4 Å². The first-order valence-corrected chi connectivity index (χ1v) is 7.51. The monoisotopic (exact) mass is 274 g/mol. The Hall–Kier alpha value is -1.35. The summed E-state index contributed by atoms with van der Waals surface area (Å²) in [5.41, 5.74) is -0.0736. The number of hydrogen-bond acceptors (Lipinski definition) is 1. The van der Waals surface area contributed by atoms with Crippen molar-refractivity contribution in [3.05, 3.63) is 35.9 Å². The fourth-order valence-electron chi connectivity index (χ4n) is 3.21. The predicted molar refractivity (Wildman–Crippen MR) is 78.5 cm³/mol. The molecule has 3 nitrogen and oxygen atoms in total. The Balaban J connectivity index is 2.14. The van der Waals surface area contributed by atoms with E-state index in [2.05, 4.69) is 13.8 Å². The maximum atomic E-state index is 12.6. The van der Waals surface area contributed by atoms with Crippen LogP contribution in [0.5, 0.6) is 0 Å². The van der Waals surface area contributed by atoms with E-state index in [1.807, 2.05) is 13.0 Å². The van der Waals surface area contributed by atoms with Crippen molar-refractivity contribution in [2.45, 2.75) is 52.0 Å². The van der Waals surface area contributed by atoms with Crippen molar-refractivity contribution in [3.63, 3.8) is 0 Å². The zero-order valence-electron chi connectivity index (χ0n) is 12.6. The molecule has 0 aromatic heterocycles. The van der Waals surface area contributed by atoms with Crippen molar-refractivity contribution in [3.8, 4) is 0 Å². The SMILES string of the molecule is CC(C)[C@H]1CCC[C@@](C)(N([O])C(=O)c2ccccc2)C1. The highest BCUT2D eigenvalue weighted by Crippen LogP contribution is 2.39. The summed E-state index contributed by atoms with van der Waals surface area (Å²) in [6.45, 7) is 6.34. The third kappa shape index (κ3) is 3.04. The van der Waals surface area contributed by atoms with Crippen LogP contribution in [0.15, 0.2) is 30.3 Å². The lowest BCUT2D eigenvalue weighted by Gasteiger charge is -2.42. The first kappa shape index (κ1) is 15.0. The Bertz CT molecular complexity index is 457. The molecule has 1 fully saturated rings. The highest BCUT2D eigenvalue weighted by molar-refractivity contribution is 5.93. The van der Waals surface area contributed by atoms with E-state index in [4.69, 9.17) is 0 Å². The van der Waals surface area contributed by atoms with E-state index in [1.54, 1.807) is 24.3 Å². The van der Waals surface area contributed by atoms with Gasteiger partial charge >= 0.3 is 0 Å². The molecule has 20 heavy (non-hydrogen) atoms. The average Bonchev–Trinajstić information content (AvgIpc) is 2.46. The van der Waals surface area contributed by atoms with Crippen molar-refractivity contribution in [1.29, 1.82) is 0 Å². The first-order valence-electron chi connectivity index (χ1n) is 7.51. The van der Waals surface area contributed by atoms with Gasteiger partial charge in [0.05, 0.1) is 5.54 Å². The summed E-state index contributed by atoms with van der Waals surface area (Å²) in [6, 6.07) is 8.85. The minimum Gasteiger partial charge on any atom is -0.267 e. The quantitative estimate of drug-likeness (QED) is 0.766. The van der Waals surface area contributed by atoms with Crippen molar-refractivity contribution >= 4 is 5.91 Å². The number of carbonyl (C=O) groups excluding carboxylic acids is 1. The van der Waals surface area contributed by atoms with Crippen molar-refractivity contribution in [1.82, 2.24) is 5.06 Å². The van der Waals surface area contributed by atoms with Gasteiger partial charge in [-0.25, -0.2) is 0 Å². The first-order chi connectivity index (χ1) is 9.44. The third-order valence-corrected chi connectivity index (χ3v) is 4.63. The summed E-state index contributed by atoms with van der Waals surface area (Å²) in [4.78, 5) is 12.3. The predicted octanol–water partition coefficient (Wildman–Crippen LogP) is 4.08. The van der Waals surface area contributed by atoms with Gasteiger partial charge in [-0.2, -0.15) is 5.06 Å². The molecule has 109 valence electrons. The molecule has 1 aliphatic carbocycles. The van der Waals surface area contributed by atoms with Gasteiger partial charge in [-0.1, -0.05) is 50.1 Å². The number of nitrogens with zero attached hydrogens (tertiary/aromatic N) is 1. The van der Waals surface area contributed by atoms with Gasteiger partial charge in [0.2, 0.25) is 0 Å². The Morgan fingerprint density at radius 1 is 1.30 bits per heavy atom. The molecule has 1 aliphatic rings. The molecule has 0 spiro atoms. The van der Waals surface area contributed by atoms with E-state index in [0.717, 1.165) is 24.3 Å². The summed E-state index contributed by atoms with van der Waals surface area (Å²) >= 11 is 0. The second-order valence-corrected chi connectivity index (χ2v) is 6.56. The van der Waals surface area contributed by atoms with Gasteiger partial charge in [0.15, 0.2) is 0 Å². The van der Waals surface area contributed by atoms with E-state index >= 15 is 0 Å². The average molecular weight is 274 g/mol. The van der Waals surface area contributed by atoms with Crippen LogP contribution >= 0.6 is 0 Å². The van der Waals surface area contributed by atoms with Crippen LogP contribution in [0, 0.1) is 11.8 Å². The maximum Gasteiger partial charge on any atom is 0.280 e. The minimum atomic E-state index is -0.555. The summed E-state index contributed by atoms with van der Waals surface area (Å²) in [6.07, 6.45) is 3.81. The molecule has 2 atom stereocenters. The molecule has 0 bridgehead atoms. The largest absolute Gasteiger partial charge is 0.280 e. The Morgan fingerprint density at radius 3 is 2.55 bits per heavy atom. The number of rotatable bonds is 3. The molecule has 1 saturated carbocycles. The fourth-order valence-corrected chi connectivity index (χ4v) is 3.21. The highest BCUT2D eigenvalue weighted by atomic mass is 16.5. The molecule has 1 aromatic rings. The lowest BCUT2D eigenvalue weighted by molar-refractivity contribution is -0.194. The summed E-state index contributed by atoms with van der Waals surface area (Å²) < 4.78 is 0. The molecule has 1 amide bonds. The molecule has 1 radical (unpaired) electrons. The fraction of sp³-hybridized carbons (Fsp3) is 0.588. The lowest BCUT2D eigenvalue weighted by Crippen LogP contribution is -2.50. The molecule has 0 heterocycles. The number of carbonyl (C=O) groups is 1. The number of benzene rings is 1. The van der Waals surface area contributed by atoms with Gasteiger partial charge in [-0.05, 0) is 43.7 Å². The Kier molecular flexibility index (Phi) is 4.48. The minimum absolute atomic E-state index is 0.405. The Morgan fingerprint density at radius 2 is 1.95 bits per heavy atom. The molecular formula is C17H24NO2. The topological polar surface area (TPSA) is 40.2 Å². The van der Waals surface area contributed by atoms with Crippen LogP contribution in [0.3, 0.4) is 0 Å². The van der Waals surface area contributed by atoms with Crippen molar-refractivity contribution < 1.29 is 10.0 Å².